The fourth-order valence-electron chi connectivity index (χ4n) is 2.44. The zero-order valence-corrected chi connectivity index (χ0v) is 17.8. The van der Waals surface area contributed by atoms with E-state index in [0.29, 0.717) is 0 Å². The molecule has 0 aromatic heterocycles. The molecule has 1 rings (SSSR count). The van der Waals surface area contributed by atoms with Crippen LogP contribution in [0.1, 0.15) is 20.3 Å². The third-order valence-corrected chi connectivity index (χ3v) is 4.23. The van der Waals surface area contributed by atoms with Crippen LogP contribution in [0.4, 0.5) is 30.7 Å². The van der Waals surface area contributed by atoms with E-state index < -0.39 is 89.8 Å². The molecule has 0 aliphatic heterocycles. The van der Waals surface area contributed by atoms with Crippen LogP contribution < -0.4 is 15.4 Å². The van der Waals surface area contributed by atoms with Gasteiger partial charge in [0.2, 0.25) is 17.5 Å². The lowest BCUT2D eigenvalue weighted by molar-refractivity contribution is -0.175. The molecular formula is C19H19F7N2O6. The molecule has 2 amide bonds. The van der Waals surface area contributed by atoms with Crippen LogP contribution in [0.25, 0.3) is 0 Å². The Morgan fingerprint density at radius 1 is 0.971 bits per heavy atom. The first-order chi connectivity index (χ1) is 15.6. The molecule has 1 aromatic carbocycles. The third kappa shape index (κ3) is 7.59. The summed E-state index contributed by atoms with van der Waals surface area (Å²) in [5.74, 6) is -16.2. The third-order valence-electron chi connectivity index (χ3n) is 4.23. The highest BCUT2D eigenvalue weighted by Crippen LogP contribution is 2.26. The monoisotopic (exact) mass is 504 g/mol. The summed E-state index contributed by atoms with van der Waals surface area (Å²) in [6.45, 7) is 1.22. The topological polar surface area (TPSA) is 111 Å². The van der Waals surface area contributed by atoms with Crippen LogP contribution in [-0.2, 0) is 23.9 Å². The van der Waals surface area contributed by atoms with Crippen molar-refractivity contribution in [3.63, 3.8) is 0 Å². The van der Waals surface area contributed by atoms with Crippen molar-refractivity contribution in [2.45, 2.75) is 38.5 Å². The van der Waals surface area contributed by atoms with E-state index in [-0.39, 0.29) is 6.07 Å². The normalized spacial score (nSPS) is 13.1. The molecule has 190 valence electrons. The predicted octanol–water partition coefficient (Wildman–Crippen LogP) is 1.94. The highest BCUT2D eigenvalue weighted by molar-refractivity contribution is 5.96. The number of carbonyl (C=O) groups excluding carboxylic acids is 4. The van der Waals surface area contributed by atoms with Crippen LogP contribution in [0.2, 0.25) is 0 Å². The standard InChI is InChI=1S/C19H19F7N2O6/c1-7(2)15(28-18(32)19(24,25)26)17(31)27-10(5-12(30)33-3)11(29)6-34-16-13(22)8(20)4-9(21)14(16)23/h4,7,10,15H,5-6H2,1-3H3,(H,27,31)(H,28,32)/t10-,15-/m0/s1. The minimum absolute atomic E-state index is 0.110. The highest BCUT2D eigenvalue weighted by Gasteiger charge is 2.42. The Morgan fingerprint density at radius 2 is 1.50 bits per heavy atom. The number of alkyl halides is 3. The van der Waals surface area contributed by atoms with Crippen molar-refractivity contribution in [1.82, 2.24) is 10.6 Å². The molecule has 8 nitrogen and oxygen atoms in total. The summed E-state index contributed by atoms with van der Waals surface area (Å²) in [5.41, 5.74) is 0. The number of methoxy groups -OCH3 is 1. The Balaban J connectivity index is 3.08. The van der Waals surface area contributed by atoms with Crippen LogP contribution in [0, 0.1) is 29.2 Å². The number of ketones is 1. The lowest BCUT2D eigenvalue weighted by atomic mass is 10.0. The van der Waals surface area contributed by atoms with Gasteiger partial charge in [-0.2, -0.15) is 22.0 Å². The van der Waals surface area contributed by atoms with Crippen LogP contribution in [0.3, 0.4) is 0 Å². The second-order valence-corrected chi connectivity index (χ2v) is 7.09. The number of halogens is 7. The lowest BCUT2D eigenvalue weighted by Gasteiger charge is -2.25. The smallest absolute Gasteiger partial charge is 0.471 e. The van der Waals surface area contributed by atoms with Crippen molar-refractivity contribution in [3.05, 3.63) is 29.3 Å². The molecule has 0 spiro atoms. The molecule has 1 aromatic rings. The fourth-order valence-corrected chi connectivity index (χ4v) is 2.44. The molecule has 2 atom stereocenters. The molecule has 0 fully saturated rings. The molecule has 2 N–H and O–H groups in total. The minimum Gasteiger partial charge on any atom is -0.479 e. The average molecular weight is 504 g/mol. The number of hydrogen-bond acceptors (Lipinski definition) is 6. The summed E-state index contributed by atoms with van der Waals surface area (Å²) in [7, 11) is 0.906. The predicted molar refractivity (Wildman–Crippen MR) is 98.2 cm³/mol. The van der Waals surface area contributed by atoms with Gasteiger partial charge in [0.1, 0.15) is 18.7 Å². The largest absolute Gasteiger partial charge is 0.479 e. The number of Topliss-reactive ketones (excluding diaryl/α,β-unsaturated/α-hetero) is 1. The van der Waals surface area contributed by atoms with E-state index >= 15 is 0 Å². The van der Waals surface area contributed by atoms with Gasteiger partial charge in [0, 0.05) is 6.07 Å². The highest BCUT2D eigenvalue weighted by atomic mass is 19.4. The number of hydrogen-bond donors (Lipinski definition) is 2. The van der Waals surface area contributed by atoms with Gasteiger partial charge in [0.15, 0.2) is 23.2 Å². The van der Waals surface area contributed by atoms with E-state index in [1.54, 1.807) is 0 Å². The Hall–Kier alpha value is -3.39. The number of ether oxygens (including phenoxy) is 2. The average Bonchev–Trinajstić information content (AvgIpc) is 2.73. The molecule has 0 aliphatic rings. The number of rotatable bonds is 10. The van der Waals surface area contributed by atoms with Gasteiger partial charge in [-0.15, -0.1) is 0 Å². The van der Waals surface area contributed by atoms with Crippen molar-refractivity contribution in [2.75, 3.05) is 13.7 Å². The van der Waals surface area contributed by atoms with Crippen LogP contribution in [-0.4, -0.2) is 55.5 Å². The van der Waals surface area contributed by atoms with Crippen molar-refractivity contribution in [3.8, 4) is 5.75 Å². The molecule has 34 heavy (non-hydrogen) atoms. The van der Waals surface area contributed by atoms with Gasteiger partial charge in [0.25, 0.3) is 0 Å². The first-order valence-electron chi connectivity index (χ1n) is 9.33. The van der Waals surface area contributed by atoms with Gasteiger partial charge in [-0.1, -0.05) is 13.8 Å². The molecule has 0 saturated heterocycles. The number of esters is 1. The van der Waals surface area contributed by atoms with E-state index in [2.05, 4.69) is 9.47 Å². The minimum atomic E-state index is -5.32. The SMILES string of the molecule is COC(=O)C[C@H](NC(=O)[C@@H](NC(=O)C(F)(F)F)C(C)C)C(=O)COc1c(F)c(F)cc(F)c1F. The summed E-state index contributed by atoms with van der Waals surface area (Å²) < 4.78 is 100. The molecule has 0 saturated carbocycles. The summed E-state index contributed by atoms with van der Waals surface area (Å²) in [6.07, 6.45) is -6.22. The Bertz CT molecular complexity index is 926. The molecule has 0 unspecified atom stereocenters. The van der Waals surface area contributed by atoms with Gasteiger partial charge in [-0.25, -0.2) is 8.78 Å². The molecular weight excluding hydrogens is 485 g/mol. The fraction of sp³-hybridized carbons (Fsp3) is 0.474. The zero-order valence-electron chi connectivity index (χ0n) is 17.8. The Kier molecular flexibility index (Phi) is 9.81. The maximum Gasteiger partial charge on any atom is 0.471 e. The second-order valence-electron chi connectivity index (χ2n) is 7.09. The van der Waals surface area contributed by atoms with E-state index in [1.807, 2.05) is 5.32 Å². The molecule has 0 radical (unpaired) electrons. The molecule has 15 heteroatoms. The Morgan fingerprint density at radius 3 is 1.94 bits per heavy atom. The first-order valence-corrected chi connectivity index (χ1v) is 9.33. The number of amides is 2. The Labute approximate surface area is 187 Å². The quantitative estimate of drug-likeness (QED) is 0.286. The van der Waals surface area contributed by atoms with Gasteiger partial charge in [-0.3, -0.25) is 19.2 Å². The van der Waals surface area contributed by atoms with Gasteiger partial charge < -0.3 is 20.1 Å². The van der Waals surface area contributed by atoms with Crippen molar-refractivity contribution in [2.24, 2.45) is 5.92 Å². The number of nitrogens with one attached hydrogen (secondary N) is 2. The number of carbonyl (C=O) groups is 4. The van der Waals surface area contributed by atoms with Crippen LogP contribution >= 0.6 is 0 Å². The van der Waals surface area contributed by atoms with Crippen molar-refractivity contribution >= 4 is 23.6 Å². The first kappa shape index (κ1) is 28.6. The van der Waals surface area contributed by atoms with Crippen LogP contribution in [0.15, 0.2) is 6.07 Å². The summed E-state index contributed by atoms with van der Waals surface area (Å²) >= 11 is 0. The lowest BCUT2D eigenvalue weighted by Crippen LogP contribution is -2.56. The summed E-state index contributed by atoms with van der Waals surface area (Å²) in [4.78, 5) is 47.7. The van der Waals surface area contributed by atoms with Crippen LogP contribution in [0.5, 0.6) is 5.75 Å². The summed E-state index contributed by atoms with van der Waals surface area (Å²) in [6, 6.07) is -3.79. The van der Waals surface area contributed by atoms with Gasteiger partial charge in [0.05, 0.1) is 13.5 Å². The molecule has 0 aliphatic carbocycles. The second kappa shape index (κ2) is 11.7. The van der Waals surface area contributed by atoms with Crippen molar-refractivity contribution in [1.29, 1.82) is 0 Å². The summed E-state index contributed by atoms with van der Waals surface area (Å²) in [5, 5.41) is 3.36. The van der Waals surface area contributed by atoms with E-state index in [9.17, 15) is 49.9 Å². The maximum atomic E-state index is 13.7. The van der Waals surface area contributed by atoms with E-state index in [0.717, 1.165) is 7.11 Å². The van der Waals surface area contributed by atoms with E-state index in [1.165, 1.54) is 19.2 Å². The number of benzene rings is 1. The zero-order chi connectivity index (χ0) is 26.4. The maximum absolute atomic E-state index is 13.7. The van der Waals surface area contributed by atoms with E-state index in [4.69, 9.17) is 0 Å². The van der Waals surface area contributed by atoms with Crippen molar-refractivity contribution < 1.29 is 59.4 Å². The van der Waals surface area contributed by atoms with Gasteiger partial charge >= 0.3 is 18.1 Å². The molecule has 0 bridgehead atoms. The van der Waals surface area contributed by atoms with Gasteiger partial charge in [-0.05, 0) is 5.92 Å². The molecule has 0 heterocycles.